The van der Waals surface area contributed by atoms with Crippen molar-refractivity contribution in [1.29, 1.82) is 0 Å². The normalized spacial score (nSPS) is 13.8. The Bertz CT molecular complexity index is 483. The maximum absolute atomic E-state index is 11.7. The van der Waals surface area contributed by atoms with Crippen LogP contribution in [0, 0.1) is 17.0 Å². The van der Waals surface area contributed by atoms with Crippen molar-refractivity contribution in [1.82, 2.24) is 0 Å². The van der Waals surface area contributed by atoms with Gasteiger partial charge in [-0.1, -0.05) is 6.92 Å². The first kappa shape index (κ1) is 14.1. The minimum Gasteiger partial charge on any atom is -0.380 e. The van der Waals surface area contributed by atoms with Gasteiger partial charge in [0, 0.05) is 17.3 Å². The van der Waals surface area contributed by atoms with Gasteiger partial charge in [0.1, 0.15) is 5.60 Å². The molecule has 0 aliphatic rings. The van der Waals surface area contributed by atoms with Gasteiger partial charge in [-0.15, -0.1) is 0 Å². The van der Waals surface area contributed by atoms with Crippen LogP contribution in [-0.4, -0.2) is 21.5 Å². The number of aliphatic hydroxyl groups is 1. The van der Waals surface area contributed by atoms with Crippen molar-refractivity contribution in [2.75, 3.05) is 5.32 Å². The molecule has 6 heteroatoms. The number of anilines is 1. The monoisotopic (exact) mass is 252 g/mol. The van der Waals surface area contributed by atoms with E-state index in [0.717, 1.165) is 0 Å². The molecular weight excluding hydrogens is 236 g/mol. The summed E-state index contributed by atoms with van der Waals surface area (Å²) in [6.07, 6.45) is 0.283. The number of hydrogen-bond donors (Lipinski definition) is 2. The Hall–Kier alpha value is -1.95. The highest BCUT2D eigenvalue weighted by molar-refractivity contribution is 5.96. The molecule has 0 fully saturated rings. The third kappa shape index (κ3) is 3.04. The molecule has 6 nitrogen and oxygen atoms in total. The maximum Gasteiger partial charge on any atom is 0.272 e. The molecule has 98 valence electrons. The number of carbonyl (C=O) groups is 1. The van der Waals surface area contributed by atoms with E-state index in [-0.39, 0.29) is 12.1 Å². The summed E-state index contributed by atoms with van der Waals surface area (Å²) in [6.45, 7) is 4.70. The first-order chi connectivity index (χ1) is 8.27. The number of rotatable bonds is 4. The third-order valence-electron chi connectivity index (χ3n) is 2.83. The number of amides is 1. The van der Waals surface area contributed by atoms with Crippen LogP contribution in [0.15, 0.2) is 18.2 Å². The van der Waals surface area contributed by atoms with E-state index in [0.29, 0.717) is 11.3 Å². The quantitative estimate of drug-likeness (QED) is 0.633. The SMILES string of the molecule is CC[C@](C)(O)C(=O)Nc1ccc([N+](=O)[O-])c(C)c1. The lowest BCUT2D eigenvalue weighted by atomic mass is 10.0. The molecule has 0 heterocycles. The zero-order chi connectivity index (χ0) is 13.9. The number of nitrogens with one attached hydrogen (secondary N) is 1. The van der Waals surface area contributed by atoms with Crippen molar-refractivity contribution < 1.29 is 14.8 Å². The smallest absolute Gasteiger partial charge is 0.272 e. The van der Waals surface area contributed by atoms with Gasteiger partial charge in [0.25, 0.3) is 11.6 Å². The summed E-state index contributed by atoms with van der Waals surface area (Å²) in [5.41, 5.74) is -0.573. The average molecular weight is 252 g/mol. The number of nitrogens with zero attached hydrogens (tertiary/aromatic N) is 1. The Labute approximate surface area is 105 Å². The van der Waals surface area contributed by atoms with E-state index < -0.39 is 16.4 Å². The number of carbonyl (C=O) groups excluding carboxylic acids is 1. The van der Waals surface area contributed by atoms with Crippen molar-refractivity contribution in [3.8, 4) is 0 Å². The van der Waals surface area contributed by atoms with Gasteiger partial charge in [0.05, 0.1) is 4.92 Å². The molecule has 0 radical (unpaired) electrons. The highest BCUT2D eigenvalue weighted by Crippen LogP contribution is 2.22. The molecule has 0 unspecified atom stereocenters. The van der Waals surface area contributed by atoms with E-state index in [9.17, 15) is 20.0 Å². The van der Waals surface area contributed by atoms with Gasteiger partial charge in [-0.05, 0) is 32.4 Å². The molecule has 1 atom stereocenters. The van der Waals surface area contributed by atoms with E-state index in [1.807, 2.05) is 0 Å². The molecule has 0 aromatic heterocycles. The number of aryl methyl sites for hydroxylation is 1. The van der Waals surface area contributed by atoms with E-state index in [1.54, 1.807) is 13.8 Å². The Morgan fingerprint density at radius 3 is 2.61 bits per heavy atom. The van der Waals surface area contributed by atoms with E-state index in [4.69, 9.17) is 0 Å². The van der Waals surface area contributed by atoms with Crippen LogP contribution in [0.3, 0.4) is 0 Å². The van der Waals surface area contributed by atoms with Crippen molar-refractivity contribution in [3.63, 3.8) is 0 Å². The summed E-state index contributed by atoms with van der Waals surface area (Å²) in [4.78, 5) is 21.9. The van der Waals surface area contributed by atoms with Gasteiger partial charge in [-0.2, -0.15) is 0 Å². The van der Waals surface area contributed by atoms with Crippen LogP contribution in [0.2, 0.25) is 0 Å². The standard InChI is InChI=1S/C12H16N2O4/c1-4-12(3,16)11(15)13-9-5-6-10(14(17)18)8(2)7-9/h5-7,16H,4H2,1-3H3,(H,13,15)/t12-/m0/s1. The van der Waals surface area contributed by atoms with Crippen LogP contribution in [0.4, 0.5) is 11.4 Å². The molecule has 1 amide bonds. The van der Waals surface area contributed by atoms with Gasteiger partial charge in [-0.25, -0.2) is 0 Å². The van der Waals surface area contributed by atoms with Crippen LogP contribution < -0.4 is 5.32 Å². The fraction of sp³-hybridized carbons (Fsp3) is 0.417. The molecule has 1 rings (SSSR count). The summed E-state index contributed by atoms with van der Waals surface area (Å²) in [5.74, 6) is -0.529. The molecule has 2 N–H and O–H groups in total. The van der Waals surface area contributed by atoms with Crippen LogP contribution in [0.5, 0.6) is 0 Å². The third-order valence-corrected chi connectivity index (χ3v) is 2.83. The number of hydrogen-bond acceptors (Lipinski definition) is 4. The Balaban J connectivity index is 2.91. The average Bonchev–Trinajstić information content (AvgIpc) is 2.28. The second-order valence-corrected chi connectivity index (χ2v) is 4.34. The van der Waals surface area contributed by atoms with Crippen LogP contribution in [-0.2, 0) is 4.79 Å². The predicted molar refractivity (Wildman–Crippen MR) is 67.4 cm³/mol. The maximum atomic E-state index is 11.7. The van der Waals surface area contributed by atoms with Gasteiger partial charge >= 0.3 is 0 Å². The summed E-state index contributed by atoms with van der Waals surface area (Å²) in [7, 11) is 0. The highest BCUT2D eigenvalue weighted by atomic mass is 16.6. The lowest BCUT2D eigenvalue weighted by Crippen LogP contribution is -2.39. The summed E-state index contributed by atoms with van der Waals surface area (Å²) >= 11 is 0. The molecule has 0 saturated heterocycles. The molecule has 0 aliphatic heterocycles. The molecule has 0 bridgehead atoms. The van der Waals surface area contributed by atoms with Crippen molar-refractivity contribution in [2.24, 2.45) is 0 Å². The second-order valence-electron chi connectivity index (χ2n) is 4.34. The number of benzene rings is 1. The summed E-state index contributed by atoms with van der Waals surface area (Å²) in [6, 6.07) is 4.27. The molecule has 1 aromatic carbocycles. The molecule has 0 spiro atoms. The Morgan fingerprint density at radius 2 is 2.17 bits per heavy atom. The summed E-state index contributed by atoms with van der Waals surface area (Å²) in [5, 5.41) is 22.9. The van der Waals surface area contributed by atoms with Crippen LogP contribution in [0.1, 0.15) is 25.8 Å². The lowest BCUT2D eigenvalue weighted by Gasteiger charge is -2.20. The van der Waals surface area contributed by atoms with Crippen LogP contribution >= 0.6 is 0 Å². The van der Waals surface area contributed by atoms with Crippen molar-refractivity contribution in [2.45, 2.75) is 32.8 Å². The van der Waals surface area contributed by atoms with Gasteiger partial charge in [0.15, 0.2) is 0 Å². The van der Waals surface area contributed by atoms with E-state index in [1.165, 1.54) is 25.1 Å². The zero-order valence-electron chi connectivity index (χ0n) is 10.6. The second kappa shape index (κ2) is 5.14. The number of nitro benzene ring substituents is 1. The van der Waals surface area contributed by atoms with Gasteiger partial charge < -0.3 is 10.4 Å². The predicted octanol–water partition coefficient (Wildman–Crippen LogP) is 2.00. The van der Waals surface area contributed by atoms with Crippen molar-refractivity contribution >= 4 is 17.3 Å². The molecule has 0 saturated carbocycles. The first-order valence-electron chi connectivity index (χ1n) is 5.57. The van der Waals surface area contributed by atoms with Crippen LogP contribution in [0.25, 0.3) is 0 Å². The molecule has 0 aliphatic carbocycles. The minimum absolute atomic E-state index is 0.00440. The Kier molecular flexibility index (Phi) is 4.03. The largest absolute Gasteiger partial charge is 0.380 e. The molecular formula is C12H16N2O4. The zero-order valence-corrected chi connectivity index (χ0v) is 10.6. The highest BCUT2D eigenvalue weighted by Gasteiger charge is 2.28. The molecule has 18 heavy (non-hydrogen) atoms. The fourth-order valence-electron chi connectivity index (χ4n) is 1.36. The van der Waals surface area contributed by atoms with Gasteiger partial charge in [0.2, 0.25) is 0 Å². The summed E-state index contributed by atoms with van der Waals surface area (Å²) < 4.78 is 0. The Morgan fingerprint density at radius 1 is 1.56 bits per heavy atom. The molecule has 1 aromatic rings. The van der Waals surface area contributed by atoms with E-state index >= 15 is 0 Å². The topological polar surface area (TPSA) is 92.5 Å². The first-order valence-corrected chi connectivity index (χ1v) is 5.57. The number of nitro groups is 1. The van der Waals surface area contributed by atoms with Crippen molar-refractivity contribution in [3.05, 3.63) is 33.9 Å². The van der Waals surface area contributed by atoms with Gasteiger partial charge in [-0.3, -0.25) is 14.9 Å². The fourth-order valence-corrected chi connectivity index (χ4v) is 1.36. The minimum atomic E-state index is -1.45. The van der Waals surface area contributed by atoms with E-state index in [2.05, 4.69) is 5.32 Å². The lowest BCUT2D eigenvalue weighted by molar-refractivity contribution is -0.385.